The fourth-order valence-corrected chi connectivity index (χ4v) is 2.97. The number of hydrogen-bond donors (Lipinski definition) is 1. The highest BCUT2D eigenvalue weighted by molar-refractivity contribution is 5.16. The molecule has 20 heavy (non-hydrogen) atoms. The summed E-state index contributed by atoms with van der Waals surface area (Å²) in [4.78, 5) is 0. The van der Waals surface area contributed by atoms with Gasteiger partial charge in [-0.25, -0.2) is 4.39 Å². The second kappa shape index (κ2) is 7.75. The molecule has 112 valence electrons. The summed E-state index contributed by atoms with van der Waals surface area (Å²) in [5, 5.41) is 3.44. The lowest BCUT2D eigenvalue weighted by Crippen LogP contribution is -2.27. The molecule has 1 heterocycles. The smallest absolute Gasteiger partial charge is 0.123 e. The lowest BCUT2D eigenvalue weighted by molar-refractivity contribution is 0.0408. The fourth-order valence-electron chi connectivity index (χ4n) is 2.97. The summed E-state index contributed by atoms with van der Waals surface area (Å²) in [6.45, 7) is 6.27. The van der Waals surface area contributed by atoms with Crippen LogP contribution in [-0.2, 0) is 11.2 Å². The number of ether oxygens (including phenoxy) is 1. The van der Waals surface area contributed by atoms with E-state index in [9.17, 15) is 4.39 Å². The van der Waals surface area contributed by atoms with Gasteiger partial charge in [-0.2, -0.15) is 0 Å². The summed E-state index contributed by atoms with van der Waals surface area (Å²) < 4.78 is 18.9. The Morgan fingerprint density at radius 3 is 2.65 bits per heavy atom. The van der Waals surface area contributed by atoms with Crippen LogP contribution in [0.2, 0.25) is 0 Å². The molecule has 0 radical (unpaired) electrons. The van der Waals surface area contributed by atoms with E-state index in [-0.39, 0.29) is 5.82 Å². The van der Waals surface area contributed by atoms with Gasteiger partial charge in [0.05, 0.1) is 12.2 Å². The number of hydrogen-bond acceptors (Lipinski definition) is 2. The van der Waals surface area contributed by atoms with Crippen molar-refractivity contribution in [3.63, 3.8) is 0 Å². The molecule has 1 aliphatic heterocycles. The molecule has 3 heteroatoms. The third-order valence-corrected chi connectivity index (χ3v) is 4.04. The van der Waals surface area contributed by atoms with Crippen LogP contribution in [0, 0.1) is 11.7 Å². The molecule has 1 aliphatic rings. The molecule has 2 rings (SSSR count). The zero-order valence-electron chi connectivity index (χ0n) is 12.6. The minimum atomic E-state index is -0.162. The minimum absolute atomic E-state index is 0.162. The second-order valence-corrected chi connectivity index (χ2v) is 5.89. The van der Waals surface area contributed by atoms with E-state index in [1.54, 1.807) is 12.1 Å². The first kappa shape index (κ1) is 15.5. The van der Waals surface area contributed by atoms with Crippen molar-refractivity contribution in [3.05, 3.63) is 35.6 Å². The SMILES string of the molecule is CCNCC(Cc1ccc(F)cc1)CC1CCC(C)O1. The molecule has 1 N–H and O–H groups in total. The monoisotopic (exact) mass is 279 g/mol. The highest BCUT2D eigenvalue weighted by atomic mass is 19.1. The van der Waals surface area contributed by atoms with Gasteiger partial charge in [-0.15, -0.1) is 0 Å². The van der Waals surface area contributed by atoms with E-state index in [2.05, 4.69) is 19.2 Å². The molecule has 0 aliphatic carbocycles. The fraction of sp³-hybridized carbons (Fsp3) is 0.647. The van der Waals surface area contributed by atoms with Gasteiger partial charge in [0, 0.05) is 0 Å². The molecule has 3 atom stereocenters. The van der Waals surface area contributed by atoms with Gasteiger partial charge >= 0.3 is 0 Å². The van der Waals surface area contributed by atoms with Crippen molar-refractivity contribution in [2.45, 2.75) is 51.7 Å². The van der Waals surface area contributed by atoms with Crippen molar-refractivity contribution in [3.8, 4) is 0 Å². The summed E-state index contributed by atoms with van der Waals surface area (Å²) in [6, 6.07) is 6.89. The first-order valence-corrected chi connectivity index (χ1v) is 7.78. The molecule has 0 saturated carbocycles. The quantitative estimate of drug-likeness (QED) is 0.824. The van der Waals surface area contributed by atoms with Gasteiger partial charge in [0.15, 0.2) is 0 Å². The Labute approximate surface area is 121 Å². The maximum absolute atomic E-state index is 13.0. The van der Waals surface area contributed by atoms with E-state index in [1.165, 1.54) is 18.4 Å². The zero-order valence-corrected chi connectivity index (χ0v) is 12.6. The van der Waals surface area contributed by atoms with Crippen molar-refractivity contribution >= 4 is 0 Å². The molecule has 1 aromatic carbocycles. The average molecular weight is 279 g/mol. The van der Waals surface area contributed by atoms with Crippen LogP contribution in [0.1, 0.15) is 38.7 Å². The lowest BCUT2D eigenvalue weighted by Gasteiger charge is -2.21. The Hall–Kier alpha value is -0.930. The molecule has 1 saturated heterocycles. The first-order valence-electron chi connectivity index (χ1n) is 7.78. The standard InChI is InChI=1S/C17H26FNO/c1-3-19-12-15(11-17-9-4-13(2)20-17)10-14-5-7-16(18)8-6-14/h5-8,13,15,17,19H,3-4,9-12H2,1-2H3. The van der Waals surface area contributed by atoms with Crippen molar-refractivity contribution < 1.29 is 9.13 Å². The maximum Gasteiger partial charge on any atom is 0.123 e. The van der Waals surface area contributed by atoms with Crippen LogP contribution in [0.5, 0.6) is 0 Å². The lowest BCUT2D eigenvalue weighted by atomic mass is 9.92. The molecule has 0 bridgehead atoms. The normalized spacial score (nSPS) is 23.9. The molecule has 0 aromatic heterocycles. The molecule has 3 unspecified atom stereocenters. The highest BCUT2D eigenvalue weighted by Crippen LogP contribution is 2.26. The van der Waals surface area contributed by atoms with Crippen LogP contribution < -0.4 is 5.32 Å². The van der Waals surface area contributed by atoms with Crippen molar-refractivity contribution in [2.24, 2.45) is 5.92 Å². The van der Waals surface area contributed by atoms with Crippen molar-refractivity contribution in [2.75, 3.05) is 13.1 Å². The van der Waals surface area contributed by atoms with Crippen LogP contribution in [0.3, 0.4) is 0 Å². The molecule has 1 fully saturated rings. The van der Waals surface area contributed by atoms with Gasteiger partial charge < -0.3 is 10.1 Å². The largest absolute Gasteiger partial charge is 0.375 e. The van der Waals surface area contributed by atoms with Crippen LogP contribution >= 0.6 is 0 Å². The summed E-state index contributed by atoms with van der Waals surface area (Å²) in [5.41, 5.74) is 1.21. The third-order valence-electron chi connectivity index (χ3n) is 4.04. The Balaban J connectivity index is 1.90. The number of nitrogens with one attached hydrogen (secondary N) is 1. The van der Waals surface area contributed by atoms with E-state index in [4.69, 9.17) is 4.74 Å². The Morgan fingerprint density at radius 2 is 2.05 bits per heavy atom. The molecular formula is C17H26FNO. The Kier molecular flexibility index (Phi) is 5.99. The van der Waals surface area contributed by atoms with E-state index in [0.29, 0.717) is 18.1 Å². The maximum atomic E-state index is 13.0. The number of rotatable bonds is 7. The summed E-state index contributed by atoms with van der Waals surface area (Å²) >= 11 is 0. The summed E-state index contributed by atoms with van der Waals surface area (Å²) in [6.07, 6.45) is 5.23. The van der Waals surface area contributed by atoms with Gasteiger partial charge in [-0.1, -0.05) is 19.1 Å². The van der Waals surface area contributed by atoms with Crippen LogP contribution in [0.15, 0.2) is 24.3 Å². The van der Waals surface area contributed by atoms with E-state index < -0.39 is 0 Å². The highest BCUT2D eigenvalue weighted by Gasteiger charge is 2.24. The van der Waals surface area contributed by atoms with Crippen LogP contribution in [-0.4, -0.2) is 25.3 Å². The third kappa shape index (κ3) is 4.88. The Bertz CT molecular complexity index is 392. The van der Waals surface area contributed by atoms with Crippen molar-refractivity contribution in [1.82, 2.24) is 5.32 Å². The topological polar surface area (TPSA) is 21.3 Å². The van der Waals surface area contributed by atoms with Gasteiger partial charge in [-0.3, -0.25) is 0 Å². The van der Waals surface area contributed by atoms with Gasteiger partial charge in [0.25, 0.3) is 0 Å². The predicted octanol–water partition coefficient (Wildman–Crippen LogP) is 3.55. The van der Waals surface area contributed by atoms with Gasteiger partial charge in [-0.05, 0) is 69.3 Å². The second-order valence-electron chi connectivity index (χ2n) is 5.89. The molecule has 2 nitrogen and oxygen atoms in total. The molecule has 0 spiro atoms. The van der Waals surface area contributed by atoms with E-state index >= 15 is 0 Å². The van der Waals surface area contributed by atoms with Crippen molar-refractivity contribution in [1.29, 1.82) is 0 Å². The Morgan fingerprint density at radius 1 is 1.30 bits per heavy atom. The van der Waals surface area contributed by atoms with E-state index in [0.717, 1.165) is 25.9 Å². The van der Waals surface area contributed by atoms with Crippen LogP contribution in [0.25, 0.3) is 0 Å². The summed E-state index contributed by atoms with van der Waals surface area (Å²) in [5.74, 6) is 0.389. The van der Waals surface area contributed by atoms with E-state index in [1.807, 2.05) is 12.1 Å². The molecule has 0 amide bonds. The molecular weight excluding hydrogens is 253 g/mol. The number of benzene rings is 1. The van der Waals surface area contributed by atoms with Gasteiger partial charge in [0.1, 0.15) is 5.82 Å². The minimum Gasteiger partial charge on any atom is -0.375 e. The predicted molar refractivity (Wildman–Crippen MR) is 80.3 cm³/mol. The first-order chi connectivity index (χ1) is 9.67. The zero-order chi connectivity index (χ0) is 14.4. The molecule has 1 aromatic rings. The van der Waals surface area contributed by atoms with Crippen LogP contribution in [0.4, 0.5) is 4.39 Å². The number of halogens is 1. The summed E-state index contributed by atoms with van der Waals surface area (Å²) in [7, 11) is 0. The average Bonchev–Trinajstić information content (AvgIpc) is 2.84. The van der Waals surface area contributed by atoms with Gasteiger partial charge in [0.2, 0.25) is 0 Å².